The van der Waals surface area contributed by atoms with Crippen molar-refractivity contribution >= 4 is 6.08 Å². The number of benzene rings is 1. The molecule has 1 aromatic heterocycles. The van der Waals surface area contributed by atoms with Crippen molar-refractivity contribution in [2.45, 2.75) is 39.3 Å². The van der Waals surface area contributed by atoms with Gasteiger partial charge in [-0.25, -0.2) is 0 Å². The standard InChI is InChI=1S/C19H26N4O/c1-15(11-17-7-4-3-5-8-17)12-20-18-9-6-10-23(13-18)14-19-21-16(2)24-22-19/h3-5,7-8,11,18,20H,6,9-10,12-14H2,1-2H3. The molecule has 1 unspecified atom stereocenters. The first-order valence-electron chi connectivity index (χ1n) is 8.66. The quantitative estimate of drug-likeness (QED) is 0.884. The molecule has 0 amide bonds. The highest BCUT2D eigenvalue weighted by molar-refractivity contribution is 5.52. The van der Waals surface area contributed by atoms with Crippen LogP contribution < -0.4 is 5.32 Å². The fourth-order valence-corrected chi connectivity index (χ4v) is 3.16. The third-order valence-electron chi connectivity index (χ3n) is 4.32. The lowest BCUT2D eigenvalue weighted by Gasteiger charge is -2.32. The second kappa shape index (κ2) is 8.22. The lowest BCUT2D eigenvalue weighted by Crippen LogP contribution is -2.45. The predicted octanol–water partition coefficient (Wildman–Crippen LogP) is 3.04. The number of likely N-dealkylation sites (tertiary alicyclic amines) is 1. The minimum Gasteiger partial charge on any atom is -0.340 e. The van der Waals surface area contributed by atoms with Crippen LogP contribution in [0.1, 0.15) is 37.0 Å². The van der Waals surface area contributed by atoms with Crippen molar-refractivity contribution in [3.63, 3.8) is 0 Å². The Labute approximate surface area is 143 Å². The molecular weight excluding hydrogens is 300 g/mol. The fraction of sp³-hybridized carbons (Fsp3) is 0.474. The zero-order valence-corrected chi connectivity index (χ0v) is 14.5. The second-order valence-electron chi connectivity index (χ2n) is 6.59. The molecule has 1 atom stereocenters. The molecule has 0 bridgehead atoms. The Kier molecular flexibility index (Phi) is 5.77. The lowest BCUT2D eigenvalue weighted by molar-refractivity contribution is 0.179. The number of aryl methyl sites for hydroxylation is 1. The number of piperidine rings is 1. The van der Waals surface area contributed by atoms with E-state index < -0.39 is 0 Å². The lowest BCUT2D eigenvalue weighted by atomic mass is 10.0. The first-order valence-corrected chi connectivity index (χ1v) is 8.66. The van der Waals surface area contributed by atoms with Gasteiger partial charge >= 0.3 is 0 Å². The summed E-state index contributed by atoms with van der Waals surface area (Å²) in [5.74, 6) is 1.42. The summed E-state index contributed by atoms with van der Waals surface area (Å²) >= 11 is 0. The van der Waals surface area contributed by atoms with Crippen LogP contribution in [-0.2, 0) is 6.54 Å². The highest BCUT2D eigenvalue weighted by atomic mass is 16.5. The van der Waals surface area contributed by atoms with Gasteiger partial charge in [0, 0.05) is 26.1 Å². The Morgan fingerprint density at radius 2 is 2.21 bits per heavy atom. The van der Waals surface area contributed by atoms with Gasteiger partial charge in [-0.1, -0.05) is 47.1 Å². The van der Waals surface area contributed by atoms with Gasteiger partial charge < -0.3 is 9.84 Å². The summed E-state index contributed by atoms with van der Waals surface area (Å²) in [6, 6.07) is 11.0. The Balaban J connectivity index is 1.47. The molecule has 0 aliphatic carbocycles. The van der Waals surface area contributed by atoms with Gasteiger partial charge in [0.15, 0.2) is 5.82 Å². The maximum atomic E-state index is 5.06. The Morgan fingerprint density at radius 1 is 1.38 bits per heavy atom. The van der Waals surface area contributed by atoms with Crippen LogP contribution in [0.4, 0.5) is 0 Å². The summed E-state index contributed by atoms with van der Waals surface area (Å²) in [5.41, 5.74) is 2.61. The average molecular weight is 326 g/mol. The number of nitrogens with zero attached hydrogens (tertiary/aromatic N) is 3. The van der Waals surface area contributed by atoms with Crippen LogP contribution in [0.5, 0.6) is 0 Å². The van der Waals surface area contributed by atoms with E-state index in [0.717, 1.165) is 32.0 Å². The van der Waals surface area contributed by atoms with Crippen LogP contribution in [0.2, 0.25) is 0 Å². The summed E-state index contributed by atoms with van der Waals surface area (Å²) in [6.45, 7) is 7.85. The molecule has 5 nitrogen and oxygen atoms in total. The van der Waals surface area contributed by atoms with Gasteiger partial charge in [0.05, 0.1) is 6.54 Å². The molecule has 1 aromatic carbocycles. The number of rotatable bonds is 6. The summed E-state index contributed by atoms with van der Waals surface area (Å²) in [4.78, 5) is 6.71. The number of hydrogen-bond acceptors (Lipinski definition) is 5. The molecule has 1 saturated heterocycles. The maximum absolute atomic E-state index is 5.06. The highest BCUT2D eigenvalue weighted by Crippen LogP contribution is 2.13. The third-order valence-corrected chi connectivity index (χ3v) is 4.32. The molecule has 2 aromatic rings. The van der Waals surface area contributed by atoms with E-state index in [-0.39, 0.29) is 0 Å². The van der Waals surface area contributed by atoms with Crippen molar-refractivity contribution in [1.29, 1.82) is 0 Å². The van der Waals surface area contributed by atoms with Crippen molar-refractivity contribution in [2.75, 3.05) is 19.6 Å². The van der Waals surface area contributed by atoms with E-state index in [1.54, 1.807) is 0 Å². The molecule has 0 saturated carbocycles. The van der Waals surface area contributed by atoms with Crippen LogP contribution >= 0.6 is 0 Å². The van der Waals surface area contributed by atoms with E-state index in [9.17, 15) is 0 Å². The van der Waals surface area contributed by atoms with Gasteiger partial charge in [-0.05, 0) is 31.9 Å². The highest BCUT2D eigenvalue weighted by Gasteiger charge is 2.20. The van der Waals surface area contributed by atoms with Crippen LogP contribution in [0.15, 0.2) is 40.4 Å². The monoisotopic (exact) mass is 326 g/mol. The average Bonchev–Trinajstić information content (AvgIpc) is 2.99. The molecule has 0 radical (unpaired) electrons. The minimum atomic E-state index is 0.519. The molecule has 3 rings (SSSR count). The van der Waals surface area contributed by atoms with E-state index in [2.05, 4.69) is 57.6 Å². The molecule has 5 heteroatoms. The van der Waals surface area contributed by atoms with Gasteiger partial charge in [-0.2, -0.15) is 4.98 Å². The van der Waals surface area contributed by atoms with Crippen LogP contribution in [0.3, 0.4) is 0 Å². The first-order chi connectivity index (χ1) is 11.7. The second-order valence-corrected chi connectivity index (χ2v) is 6.59. The molecule has 1 N–H and O–H groups in total. The molecular formula is C19H26N4O. The van der Waals surface area contributed by atoms with E-state index in [0.29, 0.717) is 11.9 Å². The Hall–Kier alpha value is -1.98. The van der Waals surface area contributed by atoms with Crippen molar-refractivity contribution in [1.82, 2.24) is 20.4 Å². The smallest absolute Gasteiger partial charge is 0.223 e. The number of hydrogen-bond donors (Lipinski definition) is 1. The van der Waals surface area contributed by atoms with Crippen LogP contribution in [0.25, 0.3) is 6.08 Å². The third kappa shape index (κ3) is 5.01. The number of nitrogens with one attached hydrogen (secondary N) is 1. The van der Waals surface area contributed by atoms with Crippen molar-refractivity contribution in [2.24, 2.45) is 0 Å². The van der Waals surface area contributed by atoms with Gasteiger partial charge in [0.1, 0.15) is 0 Å². The van der Waals surface area contributed by atoms with Gasteiger partial charge in [0.25, 0.3) is 0 Å². The molecule has 24 heavy (non-hydrogen) atoms. The van der Waals surface area contributed by atoms with E-state index in [1.165, 1.54) is 24.0 Å². The Bertz CT molecular complexity index is 665. The SMILES string of the molecule is CC(=Cc1ccccc1)CNC1CCCN(Cc2noc(C)n2)C1. The van der Waals surface area contributed by atoms with Gasteiger partial charge in [0.2, 0.25) is 5.89 Å². The maximum Gasteiger partial charge on any atom is 0.223 e. The molecule has 1 aliphatic heterocycles. The minimum absolute atomic E-state index is 0.519. The topological polar surface area (TPSA) is 54.2 Å². The zero-order valence-electron chi connectivity index (χ0n) is 14.5. The molecule has 1 aliphatic rings. The molecule has 1 fully saturated rings. The largest absolute Gasteiger partial charge is 0.340 e. The summed E-state index contributed by atoms with van der Waals surface area (Å²) < 4.78 is 5.06. The predicted molar refractivity (Wildman–Crippen MR) is 95.4 cm³/mol. The first kappa shape index (κ1) is 16.9. The van der Waals surface area contributed by atoms with E-state index in [4.69, 9.17) is 4.52 Å². The number of aromatic nitrogens is 2. The van der Waals surface area contributed by atoms with Crippen molar-refractivity contribution < 1.29 is 4.52 Å². The van der Waals surface area contributed by atoms with Crippen LogP contribution in [0, 0.1) is 6.92 Å². The molecule has 0 spiro atoms. The Morgan fingerprint density at radius 3 is 2.96 bits per heavy atom. The summed E-state index contributed by atoms with van der Waals surface area (Å²) in [5, 5.41) is 7.69. The fourth-order valence-electron chi connectivity index (χ4n) is 3.16. The van der Waals surface area contributed by atoms with Crippen molar-refractivity contribution in [3.05, 3.63) is 53.2 Å². The van der Waals surface area contributed by atoms with Gasteiger partial charge in [-0.3, -0.25) is 4.90 Å². The normalized spacial score (nSPS) is 19.6. The van der Waals surface area contributed by atoms with Crippen molar-refractivity contribution in [3.8, 4) is 0 Å². The van der Waals surface area contributed by atoms with E-state index >= 15 is 0 Å². The summed E-state index contributed by atoms with van der Waals surface area (Å²) in [6.07, 6.45) is 4.67. The zero-order chi connectivity index (χ0) is 16.8. The van der Waals surface area contributed by atoms with E-state index in [1.807, 2.05) is 13.0 Å². The summed E-state index contributed by atoms with van der Waals surface area (Å²) in [7, 11) is 0. The van der Waals surface area contributed by atoms with Crippen LogP contribution in [-0.4, -0.2) is 40.7 Å². The molecule has 2 heterocycles. The van der Waals surface area contributed by atoms with Gasteiger partial charge in [-0.15, -0.1) is 0 Å². The molecule has 128 valence electrons.